The van der Waals surface area contributed by atoms with Gasteiger partial charge in [0.05, 0.1) is 12.6 Å². The maximum Gasteiger partial charge on any atom is 0.107 e. The van der Waals surface area contributed by atoms with Gasteiger partial charge in [0.1, 0.15) is 6.04 Å². The summed E-state index contributed by atoms with van der Waals surface area (Å²) < 4.78 is 0. The van der Waals surface area contributed by atoms with Gasteiger partial charge in [-0.05, 0) is 6.08 Å². The van der Waals surface area contributed by atoms with Crippen LogP contribution in [0.25, 0.3) is 0 Å². The molecule has 1 saturated carbocycles. The topological polar surface area (TPSA) is 4.44 Å². The highest BCUT2D eigenvalue weighted by molar-refractivity contribution is 5.06. The normalized spacial score (nSPS) is 50.6. The first-order valence-corrected chi connectivity index (χ1v) is 4.47. The van der Waals surface area contributed by atoms with E-state index in [2.05, 4.69) is 12.2 Å². The Morgan fingerprint density at radius 3 is 2.60 bits per heavy atom. The van der Waals surface area contributed by atoms with Crippen molar-refractivity contribution in [1.29, 1.82) is 0 Å². The summed E-state index contributed by atoms with van der Waals surface area (Å²) in [5, 5.41) is 0. The number of fused-ring (bicyclic) bond motifs is 2. The molecule has 1 saturated heterocycles. The Balaban J connectivity index is 1.83. The lowest BCUT2D eigenvalue weighted by Crippen LogP contribution is -3.15. The van der Waals surface area contributed by atoms with Gasteiger partial charge >= 0.3 is 0 Å². The van der Waals surface area contributed by atoms with Crippen LogP contribution < -0.4 is 4.90 Å². The molecular formula is C9H14N+. The molecule has 0 aromatic rings. The minimum absolute atomic E-state index is 0.928. The highest BCUT2D eigenvalue weighted by atomic mass is 15.2. The summed E-state index contributed by atoms with van der Waals surface area (Å²) in [4.78, 5) is 1.91. The van der Waals surface area contributed by atoms with Crippen molar-refractivity contribution in [1.82, 2.24) is 0 Å². The van der Waals surface area contributed by atoms with Crippen LogP contribution in [0.4, 0.5) is 0 Å². The summed E-state index contributed by atoms with van der Waals surface area (Å²) in [6.45, 7) is 1.45. The summed E-state index contributed by atoms with van der Waals surface area (Å²) in [6, 6.07) is 2.00. The molecule has 54 valence electrons. The smallest absolute Gasteiger partial charge is 0.107 e. The van der Waals surface area contributed by atoms with Crippen molar-refractivity contribution in [3.8, 4) is 0 Å². The first-order chi connectivity index (χ1) is 4.93. The lowest BCUT2D eigenvalue weighted by Gasteiger charge is -2.19. The van der Waals surface area contributed by atoms with Crippen molar-refractivity contribution < 1.29 is 4.90 Å². The molecule has 1 N–H and O–H groups in total. The molecule has 10 heavy (non-hydrogen) atoms. The highest BCUT2D eigenvalue weighted by Gasteiger charge is 2.45. The van der Waals surface area contributed by atoms with Gasteiger partial charge in [0.2, 0.25) is 0 Å². The van der Waals surface area contributed by atoms with Gasteiger partial charge < -0.3 is 4.90 Å². The Kier molecular flexibility index (Phi) is 0.883. The Morgan fingerprint density at radius 2 is 2.10 bits per heavy atom. The summed E-state index contributed by atoms with van der Waals surface area (Å²) in [5.74, 6) is 0.959. The number of rotatable bonds is 1. The molecule has 3 rings (SSSR count). The van der Waals surface area contributed by atoms with E-state index in [9.17, 15) is 0 Å². The van der Waals surface area contributed by atoms with Crippen molar-refractivity contribution in [2.45, 2.75) is 31.3 Å². The van der Waals surface area contributed by atoms with E-state index >= 15 is 0 Å². The number of hydrogen-bond acceptors (Lipinski definition) is 0. The van der Waals surface area contributed by atoms with Crippen LogP contribution in [0.15, 0.2) is 12.2 Å². The molecule has 3 atom stereocenters. The van der Waals surface area contributed by atoms with Crippen LogP contribution in [0, 0.1) is 5.92 Å². The minimum atomic E-state index is 0.928. The van der Waals surface area contributed by atoms with E-state index in [0.717, 1.165) is 18.0 Å². The minimum Gasteiger partial charge on any atom is -0.326 e. The van der Waals surface area contributed by atoms with Gasteiger partial charge in [-0.25, -0.2) is 0 Å². The van der Waals surface area contributed by atoms with Gasteiger partial charge in [0, 0.05) is 25.2 Å². The van der Waals surface area contributed by atoms with Crippen molar-refractivity contribution in [2.24, 2.45) is 5.92 Å². The van der Waals surface area contributed by atoms with Crippen LogP contribution in [-0.4, -0.2) is 18.6 Å². The lowest BCUT2D eigenvalue weighted by molar-refractivity contribution is -0.919. The fourth-order valence-corrected chi connectivity index (χ4v) is 2.58. The summed E-state index contributed by atoms with van der Waals surface area (Å²) in [5.41, 5.74) is 0. The molecule has 1 unspecified atom stereocenters. The molecule has 3 aliphatic rings. The van der Waals surface area contributed by atoms with E-state index < -0.39 is 0 Å². The van der Waals surface area contributed by atoms with Crippen LogP contribution in [-0.2, 0) is 0 Å². The molecule has 0 aromatic heterocycles. The van der Waals surface area contributed by atoms with Crippen molar-refractivity contribution >= 4 is 0 Å². The second kappa shape index (κ2) is 1.65. The Labute approximate surface area is 61.7 Å². The van der Waals surface area contributed by atoms with Crippen molar-refractivity contribution in [2.75, 3.05) is 6.54 Å². The number of nitrogens with one attached hydrogen (secondary N) is 1. The molecule has 1 aliphatic heterocycles. The average molecular weight is 136 g/mol. The summed E-state index contributed by atoms with van der Waals surface area (Å²) >= 11 is 0. The van der Waals surface area contributed by atoms with E-state index in [1.165, 1.54) is 25.8 Å². The molecule has 0 radical (unpaired) electrons. The third kappa shape index (κ3) is 0.615. The standard InChI is InChI=1S/C9H13N/c1-2-9-5-7(1)6-10(9)8-3-4-8/h1-2,7-9H,3-6H2/p+1/t7-,9-/m0/s1. The van der Waals surface area contributed by atoms with E-state index in [-0.39, 0.29) is 0 Å². The molecule has 2 aliphatic carbocycles. The van der Waals surface area contributed by atoms with Crippen LogP contribution in [0.5, 0.6) is 0 Å². The quantitative estimate of drug-likeness (QED) is 0.484. The van der Waals surface area contributed by atoms with E-state index in [4.69, 9.17) is 0 Å². The summed E-state index contributed by atoms with van der Waals surface area (Å²) in [7, 11) is 0. The Bertz CT molecular complexity index is 181. The molecule has 1 heteroatoms. The van der Waals surface area contributed by atoms with Gasteiger partial charge in [0.15, 0.2) is 0 Å². The van der Waals surface area contributed by atoms with Crippen LogP contribution >= 0.6 is 0 Å². The third-order valence-electron chi connectivity index (χ3n) is 3.25. The lowest BCUT2D eigenvalue weighted by atomic mass is 10.2. The van der Waals surface area contributed by atoms with E-state index in [0.29, 0.717) is 0 Å². The van der Waals surface area contributed by atoms with Crippen LogP contribution in [0.3, 0.4) is 0 Å². The maximum absolute atomic E-state index is 2.45. The van der Waals surface area contributed by atoms with Crippen LogP contribution in [0.1, 0.15) is 19.3 Å². The molecule has 2 bridgehead atoms. The zero-order valence-corrected chi connectivity index (χ0v) is 6.22. The average Bonchev–Trinajstić information content (AvgIpc) is 2.60. The first-order valence-electron chi connectivity index (χ1n) is 4.47. The van der Waals surface area contributed by atoms with Gasteiger partial charge in [-0.3, -0.25) is 0 Å². The monoisotopic (exact) mass is 136 g/mol. The molecule has 1 nitrogen and oxygen atoms in total. The predicted molar refractivity (Wildman–Crippen MR) is 39.9 cm³/mol. The van der Waals surface area contributed by atoms with Gasteiger partial charge in [-0.2, -0.15) is 0 Å². The molecule has 1 heterocycles. The SMILES string of the molecule is C1=C[C@H]2C[C@H]1C[NH+]2C1CC1. The van der Waals surface area contributed by atoms with Crippen molar-refractivity contribution in [3.05, 3.63) is 12.2 Å². The van der Waals surface area contributed by atoms with Gasteiger partial charge in [-0.1, -0.05) is 6.08 Å². The van der Waals surface area contributed by atoms with Gasteiger partial charge in [-0.15, -0.1) is 0 Å². The van der Waals surface area contributed by atoms with Crippen LogP contribution in [0.2, 0.25) is 0 Å². The molecular weight excluding hydrogens is 122 g/mol. The van der Waals surface area contributed by atoms with E-state index in [1.54, 1.807) is 0 Å². The molecule has 0 aromatic carbocycles. The Morgan fingerprint density at radius 1 is 1.20 bits per heavy atom. The molecule has 0 amide bonds. The van der Waals surface area contributed by atoms with E-state index in [1.807, 2.05) is 4.90 Å². The zero-order valence-electron chi connectivity index (χ0n) is 6.22. The Hall–Kier alpha value is -0.300. The fourth-order valence-electron chi connectivity index (χ4n) is 2.58. The highest BCUT2D eigenvalue weighted by Crippen LogP contribution is 2.25. The molecule has 0 spiro atoms. The second-order valence-corrected chi connectivity index (χ2v) is 4.04. The fraction of sp³-hybridized carbons (Fsp3) is 0.778. The zero-order chi connectivity index (χ0) is 6.55. The predicted octanol–water partition coefficient (Wildman–Crippen LogP) is -0.00800. The first kappa shape index (κ1) is 5.36. The summed E-state index contributed by atoms with van der Waals surface area (Å²) in [6.07, 6.45) is 9.35. The maximum atomic E-state index is 2.45. The molecule has 2 fully saturated rings. The van der Waals surface area contributed by atoms with Gasteiger partial charge in [0.25, 0.3) is 0 Å². The third-order valence-corrected chi connectivity index (χ3v) is 3.25. The second-order valence-electron chi connectivity index (χ2n) is 4.04. The number of quaternary nitrogens is 1. The number of likely N-dealkylation sites (tertiary alicyclic amines) is 1. The van der Waals surface area contributed by atoms with Crippen molar-refractivity contribution in [3.63, 3.8) is 0 Å². The largest absolute Gasteiger partial charge is 0.326 e. The number of hydrogen-bond donors (Lipinski definition) is 1.